The van der Waals surface area contributed by atoms with E-state index in [1.54, 1.807) is 0 Å². The second kappa shape index (κ2) is 14.7. The van der Waals surface area contributed by atoms with Crippen LogP contribution in [0.15, 0.2) is 230 Å². The molecule has 0 aliphatic heterocycles. The highest BCUT2D eigenvalue weighted by molar-refractivity contribution is 5.96. The summed E-state index contributed by atoms with van der Waals surface area (Å²) >= 11 is 0. The zero-order chi connectivity index (χ0) is 37.3. The predicted molar refractivity (Wildman–Crippen MR) is 236 cm³/mol. The fraction of sp³-hybridized carbons (Fsp3) is 0.0741. The molecule has 0 fully saturated rings. The second-order valence-corrected chi connectivity index (χ2v) is 14.8. The Morgan fingerprint density at radius 3 is 1.79 bits per heavy atom. The molecule has 3 aliphatic rings. The first-order valence-corrected chi connectivity index (χ1v) is 19.7. The van der Waals surface area contributed by atoms with Gasteiger partial charge in [-0.15, -0.1) is 0 Å². The van der Waals surface area contributed by atoms with Gasteiger partial charge in [0.05, 0.1) is 11.7 Å². The van der Waals surface area contributed by atoms with Gasteiger partial charge in [-0.1, -0.05) is 170 Å². The van der Waals surface area contributed by atoms with Gasteiger partial charge in [0.25, 0.3) is 0 Å². The van der Waals surface area contributed by atoms with Crippen LogP contribution in [0.5, 0.6) is 0 Å². The van der Waals surface area contributed by atoms with Crippen molar-refractivity contribution >= 4 is 39.1 Å². The van der Waals surface area contributed by atoms with Gasteiger partial charge in [-0.25, -0.2) is 0 Å². The summed E-state index contributed by atoms with van der Waals surface area (Å²) < 4.78 is 0. The van der Waals surface area contributed by atoms with Crippen molar-refractivity contribution in [1.82, 2.24) is 0 Å². The molecule has 2 nitrogen and oxygen atoms in total. The Labute approximate surface area is 330 Å². The number of anilines is 3. The van der Waals surface area contributed by atoms with E-state index in [0.717, 1.165) is 24.2 Å². The van der Waals surface area contributed by atoms with Crippen molar-refractivity contribution < 1.29 is 0 Å². The van der Waals surface area contributed by atoms with Gasteiger partial charge in [-0.2, -0.15) is 0 Å². The Balaban J connectivity index is 1.29. The summed E-state index contributed by atoms with van der Waals surface area (Å²) in [5, 5.41) is 2.49. The summed E-state index contributed by atoms with van der Waals surface area (Å²) in [6, 6.07) is 66.3. The van der Waals surface area contributed by atoms with E-state index in [9.17, 15) is 0 Å². The lowest BCUT2D eigenvalue weighted by Gasteiger charge is -2.46. The molecule has 0 aromatic heterocycles. The van der Waals surface area contributed by atoms with Crippen LogP contribution in [0, 0.1) is 5.92 Å². The fourth-order valence-electron chi connectivity index (χ4n) is 8.81. The number of hydrogen-bond donors (Lipinski definition) is 0. The van der Waals surface area contributed by atoms with E-state index in [-0.39, 0.29) is 12.0 Å². The molecule has 0 saturated heterocycles. The first-order valence-electron chi connectivity index (χ1n) is 19.7. The minimum atomic E-state index is -0.0409. The summed E-state index contributed by atoms with van der Waals surface area (Å²) in [5.41, 5.74) is 14.6. The number of hydrogen-bond acceptors (Lipinski definition) is 2. The Morgan fingerprint density at radius 1 is 0.464 bits per heavy atom. The second-order valence-electron chi connectivity index (χ2n) is 14.8. The molecule has 7 aromatic rings. The minimum absolute atomic E-state index is 0.0119. The van der Waals surface area contributed by atoms with Crippen molar-refractivity contribution in [3.63, 3.8) is 0 Å². The molecule has 0 amide bonds. The van der Waals surface area contributed by atoms with Crippen LogP contribution in [-0.4, -0.2) is 0 Å². The largest absolute Gasteiger partial charge is 0.333 e. The van der Waals surface area contributed by atoms with Crippen molar-refractivity contribution in [1.29, 1.82) is 0 Å². The molecule has 7 aromatic carbocycles. The molecule has 2 unspecified atom stereocenters. The van der Waals surface area contributed by atoms with Crippen molar-refractivity contribution in [2.24, 2.45) is 5.92 Å². The van der Waals surface area contributed by atoms with Crippen LogP contribution in [0.4, 0.5) is 17.1 Å². The first-order chi connectivity index (χ1) is 27.8. The van der Waals surface area contributed by atoms with E-state index in [2.05, 4.69) is 228 Å². The van der Waals surface area contributed by atoms with Gasteiger partial charge in [0.2, 0.25) is 0 Å². The smallest absolute Gasteiger partial charge is 0.0702 e. The number of nitrogens with zero attached hydrogens (tertiary/aromatic N) is 2. The van der Waals surface area contributed by atoms with Crippen LogP contribution < -0.4 is 9.80 Å². The molecule has 2 heteroatoms. The van der Waals surface area contributed by atoms with Crippen molar-refractivity contribution in [3.05, 3.63) is 246 Å². The quantitative estimate of drug-likeness (QED) is 0.154. The zero-order valence-electron chi connectivity index (χ0n) is 31.2. The van der Waals surface area contributed by atoms with Gasteiger partial charge < -0.3 is 9.80 Å². The molecule has 268 valence electrons. The molecule has 0 saturated carbocycles. The van der Waals surface area contributed by atoms with E-state index < -0.39 is 0 Å². The van der Waals surface area contributed by atoms with Crippen molar-refractivity contribution in [2.75, 3.05) is 9.80 Å². The lowest BCUT2D eigenvalue weighted by atomic mass is 9.72. The maximum Gasteiger partial charge on any atom is 0.0702 e. The van der Waals surface area contributed by atoms with Crippen molar-refractivity contribution in [3.8, 4) is 11.1 Å². The Hall–Kier alpha value is -6.90. The molecule has 2 atom stereocenters. The topological polar surface area (TPSA) is 6.48 Å². The van der Waals surface area contributed by atoms with Crippen LogP contribution >= 0.6 is 0 Å². The summed E-state index contributed by atoms with van der Waals surface area (Å²) in [6.45, 7) is 0. The Morgan fingerprint density at radius 2 is 1.11 bits per heavy atom. The maximum absolute atomic E-state index is 2.64. The van der Waals surface area contributed by atoms with Gasteiger partial charge in [-0.05, 0) is 106 Å². The fourth-order valence-corrected chi connectivity index (χ4v) is 8.81. The zero-order valence-corrected chi connectivity index (χ0v) is 31.2. The molecular weight excluding hydrogens is 677 g/mol. The molecule has 56 heavy (non-hydrogen) atoms. The third kappa shape index (κ3) is 6.20. The van der Waals surface area contributed by atoms with Crippen molar-refractivity contribution in [2.45, 2.75) is 18.9 Å². The van der Waals surface area contributed by atoms with Gasteiger partial charge in [0.15, 0.2) is 0 Å². The summed E-state index contributed by atoms with van der Waals surface area (Å²) in [5.74, 6) is 0.0119. The number of rotatable bonds is 8. The highest BCUT2D eigenvalue weighted by Crippen LogP contribution is 2.54. The summed E-state index contributed by atoms with van der Waals surface area (Å²) in [7, 11) is 0. The normalized spacial score (nSPS) is 17.1. The third-order valence-electron chi connectivity index (χ3n) is 11.4. The van der Waals surface area contributed by atoms with Crippen LogP contribution in [0.3, 0.4) is 0 Å². The molecule has 0 radical (unpaired) electrons. The Kier molecular flexibility index (Phi) is 8.85. The molecule has 0 bridgehead atoms. The average Bonchev–Trinajstić information content (AvgIpc) is 3.28. The van der Waals surface area contributed by atoms with Gasteiger partial charge >= 0.3 is 0 Å². The first kappa shape index (κ1) is 33.7. The van der Waals surface area contributed by atoms with Crippen LogP contribution in [0.1, 0.15) is 35.6 Å². The standard InChI is InChI=1S/C54H42N2/c1-6-18-39(19-7-1)43-32-35-50-51(37-43)53(55(45-24-10-3-11-25-45)46-26-12-4-13-27-46)49-34-31-44(40-20-8-2-9-21-40)38-52(49)54(50)56(47-28-14-5-15-29-47)48-33-30-41-22-16-17-23-42(41)36-48/h1-4,6-14,16-38,52,54H,5,15H2. The Bertz CT molecular complexity index is 2650. The highest BCUT2D eigenvalue weighted by Gasteiger charge is 2.42. The summed E-state index contributed by atoms with van der Waals surface area (Å²) in [6.07, 6.45) is 16.5. The maximum atomic E-state index is 2.64. The number of benzene rings is 7. The van der Waals surface area contributed by atoms with Crippen LogP contribution in [0.25, 0.3) is 33.2 Å². The van der Waals surface area contributed by atoms with Crippen LogP contribution in [0.2, 0.25) is 0 Å². The lowest BCUT2D eigenvalue weighted by molar-refractivity contribution is 0.560. The average molecular weight is 719 g/mol. The van der Waals surface area contributed by atoms with Gasteiger partial charge in [-0.3, -0.25) is 0 Å². The monoisotopic (exact) mass is 718 g/mol. The molecule has 0 heterocycles. The highest BCUT2D eigenvalue weighted by atomic mass is 15.2. The SMILES string of the molecule is C1=CC(N(c2ccc3ccccc3c2)C2c3ccc(-c4ccccc4)cc3C(N(c3ccccc3)c3ccccc3)=C3C=CC(c4ccccc4)=CC32)=CCC1. The molecular formula is C54H42N2. The molecule has 0 N–H and O–H groups in total. The minimum Gasteiger partial charge on any atom is -0.333 e. The third-order valence-corrected chi connectivity index (χ3v) is 11.4. The number of para-hydroxylation sites is 2. The van der Waals surface area contributed by atoms with E-state index >= 15 is 0 Å². The van der Waals surface area contributed by atoms with E-state index in [1.807, 2.05) is 0 Å². The summed E-state index contributed by atoms with van der Waals surface area (Å²) in [4.78, 5) is 5.12. The molecule has 3 aliphatic carbocycles. The van der Waals surface area contributed by atoms with Gasteiger partial charge in [0, 0.05) is 34.2 Å². The lowest BCUT2D eigenvalue weighted by Crippen LogP contribution is -2.38. The van der Waals surface area contributed by atoms with Crippen LogP contribution in [-0.2, 0) is 0 Å². The van der Waals surface area contributed by atoms with E-state index in [4.69, 9.17) is 0 Å². The van der Waals surface area contributed by atoms with Gasteiger partial charge in [0.1, 0.15) is 0 Å². The van der Waals surface area contributed by atoms with E-state index in [0.29, 0.717) is 0 Å². The molecule has 0 spiro atoms. The number of fused-ring (bicyclic) bond motifs is 3. The van der Waals surface area contributed by atoms with E-state index in [1.165, 1.54) is 66.8 Å². The predicted octanol–water partition coefficient (Wildman–Crippen LogP) is 14.1. The molecule has 10 rings (SSSR count). The number of allylic oxidation sites excluding steroid dienone is 6.